The maximum Gasteiger partial charge on any atom is 0.162 e. The van der Waals surface area contributed by atoms with Gasteiger partial charge in [0.15, 0.2) is 6.17 Å². The second-order valence-corrected chi connectivity index (χ2v) is 7.62. The minimum Gasteiger partial charge on any atom is -0.244 e. The summed E-state index contributed by atoms with van der Waals surface area (Å²) in [6.07, 6.45) is -0.659. The van der Waals surface area contributed by atoms with Gasteiger partial charge >= 0.3 is 0 Å². The van der Waals surface area contributed by atoms with Crippen molar-refractivity contribution in [3.05, 3.63) is 35.4 Å². The summed E-state index contributed by atoms with van der Waals surface area (Å²) < 4.78 is 39.7. The maximum absolute atomic E-state index is 13.6. The Hall–Kier alpha value is -1.43. The molecule has 25 heavy (non-hydrogen) atoms. The van der Waals surface area contributed by atoms with E-state index in [-0.39, 0.29) is 12.3 Å². The number of halogens is 3. The third-order valence-electron chi connectivity index (χ3n) is 5.22. The van der Waals surface area contributed by atoms with E-state index in [1.165, 1.54) is 31.2 Å². The van der Waals surface area contributed by atoms with Gasteiger partial charge in [-0.1, -0.05) is 50.7 Å². The van der Waals surface area contributed by atoms with Crippen LogP contribution < -0.4 is 0 Å². The van der Waals surface area contributed by atoms with Crippen LogP contribution in [0.4, 0.5) is 13.2 Å². The molecule has 1 aliphatic rings. The zero-order chi connectivity index (χ0) is 18.4. The second kappa shape index (κ2) is 9.32. The van der Waals surface area contributed by atoms with Gasteiger partial charge in [0.05, 0.1) is 0 Å². The zero-order valence-electron chi connectivity index (χ0n) is 15.4. The molecule has 1 saturated carbocycles. The molecule has 3 heteroatoms. The van der Waals surface area contributed by atoms with Gasteiger partial charge in [-0.25, -0.2) is 13.2 Å². The van der Waals surface area contributed by atoms with Gasteiger partial charge in [-0.05, 0) is 55.7 Å². The Bertz CT molecular complexity index is 574. The van der Waals surface area contributed by atoms with Crippen LogP contribution in [-0.2, 0) is 0 Å². The fourth-order valence-corrected chi connectivity index (χ4v) is 3.45. The van der Waals surface area contributed by atoms with Crippen molar-refractivity contribution in [1.29, 1.82) is 0 Å². The van der Waals surface area contributed by atoms with E-state index in [1.54, 1.807) is 6.92 Å². The Morgan fingerprint density at radius 2 is 1.60 bits per heavy atom. The van der Waals surface area contributed by atoms with E-state index in [0.29, 0.717) is 5.92 Å². The molecule has 1 aliphatic carbocycles. The Morgan fingerprint density at radius 1 is 1.00 bits per heavy atom. The Morgan fingerprint density at radius 3 is 2.16 bits per heavy atom. The second-order valence-electron chi connectivity index (χ2n) is 7.62. The third kappa shape index (κ3) is 6.10. The van der Waals surface area contributed by atoms with Gasteiger partial charge in [-0.15, -0.1) is 0 Å². The summed E-state index contributed by atoms with van der Waals surface area (Å²) in [4.78, 5) is 0. The largest absolute Gasteiger partial charge is 0.244 e. The first-order valence-electron chi connectivity index (χ1n) is 9.40. The van der Waals surface area contributed by atoms with Gasteiger partial charge in [-0.2, -0.15) is 0 Å². The number of alkyl halides is 3. The first-order valence-corrected chi connectivity index (χ1v) is 9.40. The van der Waals surface area contributed by atoms with E-state index in [2.05, 4.69) is 30.9 Å². The highest BCUT2D eigenvalue weighted by Crippen LogP contribution is 2.35. The van der Waals surface area contributed by atoms with Crippen LogP contribution in [0.15, 0.2) is 24.3 Å². The lowest BCUT2D eigenvalue weighted by atomic mass is 9.79. The highest BCUT2D eigenvalue weighted by Gasteiger charge is 2.27. The van der Waals surface area contributed by atoms with E-state index >= 15 is 0 Å². The first kappa shape index (κ1) is 19.9. The monoisotopic (exact) mass is 350 g/mol. The molecule has 0 heterocycles. The Balaban J connectivity index is 1.90. The van der Waals surface area contributed by atoms with Gasteiger partial charge in [0.25, 0.3) is 0 Å². The maximum atomic E-state index is 13.6. The van der Waals surface area contributed by atoms with Gasteiger partial charge in [0.1, 0.15) is 12.3 Å². The zero-order valence-corrected chi connectivity index (χ0v) is 15.4. The molecule has 0 bridgehead atoms. The molecule has 0 amide bonds. The average molecular weight is 350 g/mol. The van der Waals surface area contributed by atoms with Crippen molar-refractivity contribution in [2.75, 3.05) is 0 Å². The predicted molar refractivity (Wildman–Crippen MR) is 97.8 cm³/mol. The molecule has 0 nitrogen and oxygen atoms in total. The molecule has 0 saturated heterocycles. The van der Waals surface area contributed by atoms with Crippen LogP contribution in [0.3, 0.4) is 0 Å². The van der Waals surface area contributed by atoms with Crippen molar-refractivity contribution in [2.24, 2.45) is 11.8 Å². The Labute approximate surface area is 150 Å². The van der Waals surface area contributed by atoms with Gasteiger partial charge in [0.2, 0.25) is 0 Å². The topological polar surface area (TPSA) is 0 Å². The van der Waals surface area contributed by atoms with Crippen molar-refractivity contribution >= 4 is 0 Å². The van der Waals surface area contributed by atoms with Gasteiger partial charge in [0, 0.05) is 11.5 Å². The first-order chi connectivity index (χ1) is 11.9. The van der Waals surface area contributed by atoms with Crippen LogP contribution in [0, 0.1) is 23.7 Å². The average Bonchev–Trinajstić information content (AvgIpc) is 2.60. The van der Waals surface area contributed by atoms with Crippen LogP contribution in [-0.4, -0.2) is 18.5 Å². The van der Waals surface area contributed by atoms with Crippen LogP contribution >= 0.6 is 0 Å². The summed E-state index contributed by atoms with van der Waals surface area (Å²) in [6, 6.07) is 8.27. The normalized spacial score (nSPS) is 25.4. The lowest BCUT2D eigenvalue weighted by Gasteiger charge is -2.26. The lowest BCUT2D eigenvalue weighted by Crippen LogP contribution is -2.27. The minimum absolute atomic E-state index is 0.0826. The Kier molecular flexibility index (Phi) is 7.41. The highest BCUT2D eigenvalue weighted by molar-refractivity contribution is 5.37. The minimum atomic E-state index is -2.07. The molecule has 138 valence electrons. The molecule has 0 aliphatic heterocycles. The van der Waals surface area contributed by atoms with Crippen LogP contribution in [0.5, 0.6) is 0 Å². The molecule has 1 fully saturated rings. The predicted octanol–water partition coefficient (Wildman–Crippen LogP) is 6.39. The molecule has 0 aromatic heterocycles. The van der Waals surface area contributed by atoms with Crippen molar-refractivity contribution < 1.29 is 13.2 Å². The highest BCUT2D eigenvalue weighted by atomic mass is 19.2. The van der Waals surface area contributed by atoms with Crippen molar-refractivity contribution in [3.63, 3.8) is 0 Å². The van der Waals surface area contributed by atoms with Crippen LogP contribution in [0.2, 0.25) is 0 Å². The van der Waals surface area contributed by atoms with Gasteiger partial charge in [-0.3, -0.25) is 0 Å². The summed E-state index contributed by atoms with van der Waals surface area (Å²) in [5.41, 5.74) is 2.25. The number of rotatable bonds is 5. The molecule has 0 radical (unpaired) electrons. The molecule has 0 N–H and O–H groups in total. The fourth-order valence-electron chi connectivity index (χ4n) is 3.45. The molecular formula is C22H29F3. The van der Waals surface area contributed by atoms with Gasteiger partial charge < -0.3 is 0 Å². The van der Waals surface area contributed by atoms with Crippen LogP contribution in [0.25, 0.3) is 0 Å². The molecule has 4 atom stereocenters. The molecular weight excluding hydrogens is 321 g/mol. The SMILES string of the molecule is CC(C#Cc1ccc(C2CCC(C)CC2)cc1)CC(F)C(F)C(C)F. The quantitative estimate of drug-likeness (QED) is 0.540. The molecule has 1 aromatic carbocycles. The molecule has 2 rings (SSSR count). The van der Waals surface area contributed by atoms with E-state index in [4.69, 9.17) is 0 Å². The summed E-state index contributed by atoms with van der Waals surface area (Å²) in [7, 11) is 0. The van der Waals surface area contributed by atoms with Crippen molar-refractivity contribution in [2.45, 2.75) is 77.3 Å². The summed E-state index contributed by atoms with van der Waals surface area (Å²) in [6.45, 7) is 5.10. The molecule has 1 aromatic rings. The molecule has 4 unspecified atom stereocenters. The standard InChI is InChI=1S/C22H29F3/c1-15-5-10-19(11-6-15)20-12-8-18(9-13-20)7-4-16(2)14-21(24)22(25)17(3)23/h8-9,12-13,15-17,19,21-22H,5-6,10-11,14H2,1-3H3. The number of hydrogen-bond donors (Lipinski definition) is 0. The van der Waals surface area contributed by atoms with Crippen LogP contribution in [0.1, 0.15) is 69.9 Å². The summed E-state index contributed by atoms with van der Waals surface area (Å²) in [5, 5.41) is 0. The van der Waals surface area contributed by atoms with Crippen molar-refractivity contribution in [3.8, 4) is 11.8 Å². The third-order valence-corrected chi connectivity index (χ3v) is 5.22. The van der Waals surface area contributed by atoms with Crippen molar-refractivity contribution in [1.82, 2.24) is 0 Å². The van der Waals surface area contributed by atoms with E-state index in [9.17, 15) is 13.2 Å². The van der Waals surface area contributed by atoms with E-state index < -0.39 is 18.5 Å². The number of benzene rings is 1. The van der Waals surface area contributed by atoms with E-state index in [1.807, 2.05) is 12.1 Å². The van der Waals surface area contributed by atoms with E-state index in [0.717, 1.165) is 18.4 Å². The summed E-state index contributed by atoms with van der Waals surface area (Å²) >= 11 is 0. The fraction of sp³-hybridized carbons (Fsp3) is 0.636. The lowest BCUT2D eigenvalue weighted by molar-refractivity contribution is 0.0816. The summed E-state index contributed by atoms with van der Waals surface area (Å²) in [5.74, 6) is 7.14. The molecule has 0 spiro atoms. The number of hydrogen-bond acceptors (Lipinski definition) is 0. The smallest absolute Gasteiger partial charge is 0.162 e.